The van der Waals surface area contributed by atoms with Gasteiger partial charge in [-0.1, -0.05) is 30.3 Å². The number of hydrogen-bond donors (Lipinski definition) is 1. The van der Waals surface area contributed by atoms with E-state index in [0.29, 0.717) is 12.3 Å². The second-order valence-electron chi connectivity index (χ2n) is 5.67. The minimum atomic E-state index is -0.350. The molecule has 1 aliphatic rings. The fourth-order valence-corrected chi connectivity index (χ4v) is 3.01. The summed E-state index contributed by atoms with van der Waals surface area (Å²) < 4.78 is 6.09. The highest BCUT2D eigenvalue weighted by Crippen LogP contribution is 2.32. The third-order valence-electron chi connectivity index (χ3n) is 4.16. The van der Waals surface area contributed by atoms with Gasteiger partial charge in [0, 0.05) is 6.54 Å². The van der Waals surface area contributed by atoms with Crippen LogP contribution in [-0.2, 0) is 10.3 Å². The zero-order valence-corrected chi connectivity index (χ0v) is 12.4. The van der Waals surface area contributed by atoms with Crippen LogP contribution in [0.3, 0.4) is 0 Å². The van der Waals surface area contributed by atoms with Gasteiger partial charge in [-0.3, -0.25) is 0 Å². The summed E-state index contributed by atoms with van der Waals surface area (Å²) in [4.78, 5) is 18.2. The lowest BCUT2D eigenvalue weighted by atomic mass is 9.94. The maximum absolute atomic E-state index is 6.09. The summed E-state index contributed by atoms with van der Waals surface area (Å²) >= 11 is 0. The van der Waals surface area contributed by atoms with E-state index in [-0.39, 0.29) is 5.60 Å². The molecule has 22 heavy (non-hydrogen) atoms. The van der Waals surface area contributed by atoms with E-state index < -0.39 is 0 Å². The third-order valence-corrected chi connectivity index (χ3v) is 4.16. The van der Waals surface area contributed by atoms with E-state index in [2.05, 4.69) is 43.9 Å². The van der Waals surface area contributed by atoms with Gasteiger partial charge in [-0.25, -0.2) is 15.0 Å². The molecule has 0 amide bonds. The van der Waals surface area contributed by atoms with Crippen molar-refractivity contribution in [3.8, 4) is 0 Å². The van der Waals surface area contributed by atoms with Gasteiger partial charge in [-0.15, -0.1) is 0 Å². The highest BCUT2D eigenvalue weighted by molar-refractivity contribution is 5.82. The number of fused-ring (bicyclic) bond motifs is 1. The van der Waals surface area contributed by atoms with E-state index in [4.69, 9.17) is 4.74 Å². The first kappa shape index (κ1) is 13.2. The molecule has 3 aromatic rings. The van der Waals surface area contributed by atoms with Crippen LogP contribution in [0.2, 0.25) is 0 Å². The Bertz CT molecular complexity index is 787. The Labute approximate surface area is 128 Å². The van der Waals surface area contributed by atoms with Gasteiger partial charge in [-0.05, 0) is 12.5 Å². The molecule has 1 saturated heterocycles. The smallest absolute Gasteiger partial charge is 0.182 e. The van der Waals surface area contributed by atoms with Crippen LogP contribution in [0.1, 0.15) is 12.5 Å². The number of hydrogen-bond acceptors (Lipinski definition) is 5. The van der Waals surface area contributed by atoms with Crippen molar-refractivity contribution in [1.82, 2.24) is 19.9 Å². The van der Waals surface area contributed by atoms with E-state index in [0.717, 1.165) is 24.4 Å². The second-order valence-corrected chi connectivity index (χ2v) is 5.67. The molecule has 0 spiro atoms. The standard InChI is InChI=1S/C16H17N5O/c1-16(12-5-3-2-4-6-12)9-21(7-8-22-16)15-13-14(18-10-17-13)19-11-20-15/h2-6,10-11H,7-9H2,1H3,(H,17,18,19,20). The van der Waals surface area contributed by atoms with Crippen LogP contribution in [0.25, 0.3) is 11.2 Å². The Morgan fingerprint density at radius 1 is 1.18 bits per heavy atom. The maximum Gasteiger partial charge on any atom is 0.182 e. The zero-order chi connectivity index (χ0) is 15.0. The number of imidazole rings is 1. The summed E-state index contributed by atoms with van der Waals surface area (Å²) in [5.41, 5.74) is 2.39. The average Bonchev–Trinajstić information content (AvgIpc) is 3.04. The lowest BCUT2D eigenvalue weighted by Gasteiger charge is -2.41. The minimum Gasteiger partial charge on any atom is -0.367 e. The van der Waals surface area contributed by atoms with Crippen molar-refractivity contribution in [2.45, 2.75) is 12.5 Å². The van der Waals surface area contributed by atoms with E-state index >= 15 is 0 Å². The second kappa shape index (κ2) is 5.06. The first-order valence-corrected chi connectivity index (χ1v) is 7.35. The van der Waals surface area contributed by atoms with E-state index in [1.807, 2.05) is 18.2 Å². The van der Waals surface area contributed by atoms with Gasteiger partial charge >= 0.3 is 0 Å². The summed E-state index contributed by atoms with van der Waals surface area (Å²) in [7, 11) is 0. The minimum absolute atomic E-state index is 0.350. The number of anilines is 1. The number of H-pyrrole nitrogens is 1. The summed E-state index contributed by atoms with van der Waals surface area (Å²) in [6.45, 7) is 4.32. The molecule has 3 heterocycles. The Morgan fingerprint density at radius 2 is 2.05 bits per heavy atom. The van der Waals surface area contributed by atoms with Crippen molar-refractivity contribution < 1.29 is 4.74 Å². The molecular formula is C16H17N5O. The summed E-state index contributed by atoms with van der Waals surface area (Å²) in [5, 5.41) is 0. The highest BCUT2D eigenvalue weighted by atomic mass is 16.5. The summed E-state index contributed by atoms with van der Waals surface area (Å²) in [6.07, 6.45) is 3.22. The molecule has 0 radical (unpaired) electrons. The Morgan fingerprint density at radius 3 is 2.91 bits per heavy atom. The zero-order valence-electron chi connectivity index (χ0n) is 12.4. The third kappa shape index (κ3) is 2.12. The largest absolute Gasteiger partial charge is 0.367 e. The van der Waals surface area contributed by atoms with Gasteiger partial charge in [0.1, 0.15) is 17.4 Å². The van der Waals surface area contributed by atoms with Crippen LogP contribution in [0.4, 0.5) is 5.82 Å². The van der Waals surface area contributed by atoms with E-state index in [9.17, 15) is 0 Å². The van der Waals surface area contributed by atoms with Crippen LogP contribution >= 0.6 is 0 Å². The number of nitrogens with zero attached hydrogens (tertiary/aromatic N) is 4. The van der Waals surface area contributed by atoms with Crippen LogP contribution in [0.5, 0.6) is 0 Å². The Kier molecular flexibility index (Phi) is 3.04. The normalized spacial score (nSPS) is 22.1. The van der Waals surface area contributed by atoms with Crippen molar-refractivity contribution >= 4 is 17.0 Å². The molecule has 0 aliphatic carbocycles. The molecule has 4 rings (SSSR count). The van der Waals surface area contributed by atoms with Crippen molar-refractivity contribution in [2.75, 3.05) is 24.6 Å². The number of aromatic amines is 1. The number of ether oxygens (including phenoxy) is 1. The van der Waals surface area contributed by atoms with Crippen molar-refractivity contribution in [1.29, 1.82) is 0 Å². The van der Waals surface area contributed by atoms with Gasteiger partial charge < -0.3 is 14.6 Å². The summed E-state index contributed by atoms with van der Waals surface area (Å²) in [5.74, 6) is 0.882. The lowest BCUT2D eigenvalue weighted by molar-refractivity contribution is -0.0467. The predicted molar refractivity (Wildman–Crippen MR) is 83.6 cm³/mol. The first-order chi connectivity index (χ1) is 10.8. The molecule has 6 heteroatoms. The molecule has 112 valence electrons. The predicted octanol–water partition coefficient (Wildman–Crippen LogP) is 2.10. The van der Waals surface area contributed by atoms with Crippen molar-refractivity contribution in [3.63, 3.8) is 0 Å². The molecule has 1 fully saturated rings. The molecule has 0 saturated carbocycles. The molecule has 1 unspecified atom stereocenters. The number of morpholine rings is 1. The maximum atomic E-state index is 6.09. The van der Waals surface area contributed by atoms with Gasteiger partial charge in [0.15, 0.2) is 11.5 Å². The number of rotatable bonds is 2. The quantitative estimate of drug-likeness (QED) is 0.784. The first-order valence-electron chi connectivity index (χ1n) is 7.35. The van der Waals surface area contributed by atoms with Crippen LogP contribution < -0.4 is 4.90 Å². The van der Waals surface area contributed by atoms with Crippen LogP contribution in [0, 0.1) is 0 Å². The van der Waals surface area contributed by atoms with Crippen molar-refractivity contribution in [3.05, 3.63) is 48.5 Å². The average molecular weight is 295 g/mol. The molecule has 0 bridgehead atoms. The molecule has 6 nitrogen and oxygen atoms in total. The molecular weight excluding hydrogens is 278 g/mol. The monoisotopic (exact) mass is 295 g/mol. The molecule has 1 atom stereocenters. The number of benzene rings is 1. The van der Waals surface area contributed by atoms with Crippen LogP contribution in [0.15, 0.2) is 43.0 Å². The number of nitrogens with one attached hydrogen (secondary N) is 1. The van der Waals surface area contributed by atoms with Crippen molar-refractivity contribution in [2.24, 2.45) is 0 Å². The SMILES string of the molecule is CC1(c2ccccc2)CN(c2ncnc3nc[nH]c23)CCO1. The van der Waals surface area contributed by atoms with Gasteiger partial charge in [0.25, 0.3) is 0 Å². The van der Waals surface area contributed by atoms with Gasteiger partial charge in [-0.2, -0.15) is 0 Å². The molecule has 1 aliphatic heterocycles. The number of aromatic nitrogens is 4. The fraction of sp³-hybridized carbons (Fsp3) is 0.312. The van der Waals surface area contributed by atoms with Crippen LogP contribution in [-0.4, -0.2) is 39.6 Å². The topological polar surface area (TPSA) is 66.9 Å². The molecule has 1 N–H and O–H groups in total. The van der Waals surface area contributed by atoms with Gasteiger partial charge in [0.2, 0.25) is 0 Å². The highest BCUT2D eigenvalue weighted by Gasteiger charge is 2.35. The van der Waals surface area contributed by atoms with E-state index in [1.54, 1.807) is 12.7 Å². The van der Waals surface area contributed by atoms with Gasteiger partial charge in [0.05, 0.1) is 19.5 Å². The lowest BCUT2D eigenvalue weighted by Crippen LogP contribution is -2.48. The summed E-state index contributed by atoms with van der Waals surface area (Å²) in [6, 6.07) is 10.3. The Balaban J connectivity index is 1.71. The fourth-order valence-electron chi connectivity index (χ4n) is 3.01. The Hall–Kier alpha value is -2.47. The van der Waals surface area contributed by atoms with E-state index in [1.165, 1.54) is 5.56 Å². The molecule has 1 aromatic carbocycles. The molecule has 2 aromatic heterocycles.